The van der Waals surface area contributed by atoms with Crippen LogP contribution in [0.25, 0.3) is 0 Å². The number of unbranched alkanes of at least 4 members (excludes halogenated alkanes) is 7. The van der Waals surface area contributed by atoms with Crippen LogP contribution in [0.2, 0.25) is 0 Å². The van der Waals surface area contributed by atoms with Crippen molar-refractivity contribution >= 4 is 36.1 Å². The molecule has 0 saturated carbocycles. The first kappa shape index (κ1) is 48.0. The Bertz CT molecular complexity index is 892. The fourth-order valence-electron chi connectivity index (χ4n) is 5.37. The van der Waals surface area contributed by atoms with E-state index in [1.54, 1.807) is 26.5 Å². The molecule has 1 saturated heterocycles. The summed E-state index contributed by atoms with van der Waals surface area (Å²) in [6.45, 7) is 10.1. The van der Waals surface area contributed by atoms with E-state index < -0.39 is 29.9 Å². The van der Waals surface area contributed by atoms with Crippen LogP contribution in [0.4, 0.5) is 0 Å². The summed E-state index contributed by atoms with van der Waals surface area (Å²) in [4.78, 5) is 72.9. The van der Waals surface area contributed by atoms with Crippen molar-refractivity contribution in [2.24, 2.45) is 0 Å². The quantitative estimate of drug-likeness (QED) is 0.0812. The van der Waals surface area contributed by atoms with Crippen molar-refractivity contribution in [2.75, 3.05) is 78.5 Å². The summed E-state index contributed by atoms with van der Waals surface area (Å²) in [5.74, 6) is -3.70. The Morgan fingerprint density at radius 1 is 0.633 bits per heavy atom. The van der Waals surface area contributed by atoms with Gasteiger partial charge in [0.1, 0.15) is 11.8 Å². The van der Waals surface area contributed by atoms with E-state index in [1.165, 1.54) is 38.5 Å². The van der Waals surface area contributed by atoms with Gasteiger partial charge in [-0.1, -0.05) is 65.7 Å². The van der Waals surface area contributed by atoms with Gasteiger partial charge in [0.2, 0.25) is 6.41 Å². The predicted octanol–water partition coefficient (Wildman–Crippen LogP) is 2.57. The summed E-state index contributed by atoms with van der Waals surface area (Å²) in [6, 6.07) is -0.741. The van der Waals surface area contributed by atoms with Crippen LogP contribution in [0.5, 0.6) is 0 Å². The van der Waals surface area contributed by atoms with E-state index in [0.717, 1.165) is 32.2 Å². The summed E-state index contributed by atoms with van der Waals surface area (Å²) in [5.41, 5.74) is 0. The van der Waals surface area contributed by atoms with E-state index in [4.69, 9.17) is 5.11 Å². The monoisotopic (exact) mass is 703 g/mol. The third-order valence-corrected chi connectivity index (χ3v) is 7.92. The summed E-state index contributed by atoms with van der Waals surface area (Å²) >= 11 is 0. The van der Waals surface area contributed by atoms with Crippen LogP contribution >= 0.6 is 0 Å². The number of ketones is 1. The molecule has 49 heavy (non-hydrogen) atoms. The predicted molar refractivity (Wildman–Crippen MR) is 188 cm³/mol. The molecule has 1 atom stereocenters. The van der Waals surface area contributed by atoms with Crippen molar-refractivity contribution in [1.29, 1.82) is 0 Å². The number of rotatable bonds is 22. The number of hydrogen-bond acceptors (Lipinski definition) is 10. The molecule has 15 heteroatoms. The fraction of sp³-hybridized carbons (Fsp3) is 0.824. The molecule has 0 aromatic heterocycles. The Morgan fingerprint density at radius 3 is 1.33 bits per heavy atom. The molecule has 1 fully saturated rings. The number of carbonyl (C=O) groups excluding carboxylic acids is 2. The number of carbonyl (C=O) groups is 6. The zero-order valence-corrected chi connectivity index (χ0v) is 30.4. The SMILES string of the molecule is CC.CC(=O)CCCCCCCCCCNC=O.CCCC(C(=O)O)N1CCN(CC(=O)O)CCN(CC(=O)O)CCN(CC(=O)O)CC1. The molecule has 0 aliphatic carbocycles. The lowest BCUT2D eigenvalue weighted by molar-refractivity contribution is -0.145. The molecule has 0 bridgehead atoms. The van der Waals surface area contributed by atoms with Crippen LogP contribution in [0.1, 0.15) is 98.3 Å². The smallest absolute Gasteiger partial charge is 0.320 e. The molecule has 1 amide bonds. The maximum absolute atomic E-state index is 11.8. The number of nitrogens with zero attached hydrogens (tertiary/aromatic N) is 4. The molecule has 5 N–H and O–H groups in total. The van der Waals surface area contributed by atoms with E-state index >= 15 is 0 Å². The number of Topliss-reactive ketones (excluding diaryl/α,β-unsaturated/α-hetero) is 1. The summed E-state index contributed by atoms with van der Waals surface area (Å²) < 4.78 is 0. The molecule has 0 radical (unpaired) electrons. The van der Waals surface area contributed by atoms with Crippen molar-refractivity contribution in [3.8, 4) is 0 Å². The summed E-state index contributed by atoms with van der Waals surface area (Å²) in [5, 5.41) is 39.9. The maximum atomic E-state index is 11.8. The van der Waals surface area contributed by atoms with E-state index in [2.05, 4.69) is 5.32 Å². The van der Waals surface area contributed by atoms with E-state index in [0.29, 0.717) is 71.0 Å². The highest BCUT2D eigenvalue weighted by atomic mass is 16.4. The van der Waals surface area contributed by atoms with Crippen molar-refractivity contribution in [3.63, 3.8) is 0 Å². The first-order chi connectivity index (χ1) is 23.4. The molecule has 1 unspecified atom stereocenters. The highest BCUT2D eigenvalue weighted by Crippen LogP contribution is 2.11. The van der Waals surface area contributed by atoms with Crippen LogP contribution in [0, 0.1) is 0 Å². The molecule has 0 aromatic carbocycles. The maximum Gasteiger partial charge on any atom is 0.320 e. The van der Waals surface area contributed by atoms with Crippen molar-refractivity contribution in [2.45, 2.75) is 104 Å². The molecule has 1 heterocycles. The second kappa shape index (κ2) is 32.1. The van der Waals surface area contributed by atoms with Crippen LogP contribution in [-0.4, -0.2) is 161 Å². The van der Waals surface area contributed by atoms with Gasteiger partial charge in [0.25, 0.3) is 0 Å². The van der Waals surface area contributed by atoms with Crippen molar-refractivity contribution in [3.05, 3.63) is 0 Å². The summed E-state index contributed by atoms with van der Waals surface area (Å²) in [7, 11) is 0. The van der Waals surface area contributed by atoms with Crippen molar-refractivity contribution < 1.29 is 49.2 Å². The lowest BCUT2D eigenvalue weighted by atomic mass is 10.1. The van der Waals surface area contributed by atoms with Gasteiger partial charge >= 0.3 is 23.9 Å². The molecule has 0 spiro atoms. The normalized spacial score (nSPS) is 15.9. The largest absolute Gasteiger partial charge is 0.480 e. The number of carboxylic acid groups (broad SMARTS) is 4. The molecule has 1 rings (SSSR count). The highest BCUT2D eigenvalue weighted by Gasteiger charge is 2.27. The van der Waals surface area contributed by atoms with Gasteiger partial charge < -0.3 is 30.5 Å². The Morgan fingerprint density at radius 2 is 1.00 bits per heavy atom. The fourth-order valence-corrected chi connectivity index (χ4v) is 5.37. The van der Waals surface area contributed by atoms with Gasteiger partial charge in [0.05, 0.1) is 19.6 Å². The lowest BCUT2D eigenvalue weighted by Crippen LogP contribution is -2.51. The first-order valence-corrected chi connectivity index (χ1v) is 17.8. The zero-order valence-electron chi connectivity index (χ0n) is 30.4. The Hall–Kier alpha value is -3.14. The van der Waals surface area contributed by atoms with Gasteiger partial charge in [0, 0.05) is 65.3 Å². The minimum absolute atomic E-state index is 0.231. The van der Waals surface area contributed by atoms with Crippen LogP contribution < -0.4 is 5.32 Å². The standard InChI is InChI=1S/C19H34N4O8.C13H25NO2.C2H6/c1-2-3-15(19(30)31)23-10-8-21(13-17(26)27)6-4-20(12-16(24)25)5-7-22(9-11-23)14-18(28)29;1-13(16)10-8-6-4-2-3-5-7-9-11-14-12-15;1-2/h15H,2-14H2,1H3,(H,24,25)(H,26,27)(H,28,29)(H,30,31);12H,2-11H2,1H3,(H,14,15);1-2H3. The molecular weight excluding hydrogens is 638 g/mol. The topological polar surface area (TPSA) is 208 Å². The molecule has 0 aromatic rings. The van der Waals surface area contributed by atoms with Gasteiger partial charge in [0.15, 0.2) is 0 Å². The van der Waals surface area contributed by atoms with Gasteiger partial charge in [-0.15, -0.1) is 0 Å². The second-order valence-corrected chi connectivity index (χ2v) is 12.0. The number of aliphatic carboxylic acids is 4. The molecule has 1 aliphatic heterocycles. The summed E-state index contributed by atoms with van der Waals surface area (Å²) in [6.07, 6.45) is 12.2. The highest BCUT2D eigenvalue weighted by molar-refractivity contribution is 5.75. The van der Waals surface area contributed by atoms with E-state index in [9.17, 15) is 44.1 Å². The van der Waals surface area contributed by atoms with Crippen LogP contribution in [-0.2, 0) is 28.8 Å². The third kappa shape index (κ3) is 29.5. The second-order valence-electron chi connectivity index (χ2n) is 12.0. The Balaban J connectivity index is 0. The molecule has 1 aliphatic rings. The van der Waals surface area contributed by atoms with E-state index in [-0.39, 0.29) is 19.6 Å². The average Bonchev–Trinajstić information content (AvgIpc) is 3.03. The minimum Gasteiger partial charge on any atom is -0.480 e. The Kier molecular flexibility index (Phi) is 31.4. The van der Waals surface area contributed by atoms with Gasteiger partial charge in [-0.05, 0) is 26.2 Å². The van der Waals surface area contributed by atoms with Gasteiger partial charge in [-0.25, -0.2) is 0 Å². The van der Waals surface area contributed by atoms with Crippen LogP contribution in [0.3, 0.4) is 0 Å². The van der Waals surface area contributed by atoms with Crippen LogP contribution in [0.15, 0.2) is 0 Å². The molecule has 286 valence electrons. The molecular formula is C34H65N5O10. The zero-order chi connectivity index (χ0) is 37.5. The number of nitrogens with one attached hydrogen (secondary N) is 1. The van der Waals surface area contributed by atoms with E-state index in [1.807, 2.05) is 20.8 Å². The molecule has 15 nitrogen and oxygen atoms in total. The van der Waals surface area contributed by atoms with Gasteiger partial charge in [-0.3, -0.25) is 43.6 Å². The lowest BCUT2D eigenvalue weighted by Gasteiger charge is -2.35. The minimum atomic E-state index is -1.02. The Labute approximate surface area is 293 Å². The number of amides is 1. The average molecular weight is 704 g/mol. The third-order valence-electron chi connectivity index (χ3n) is 7.92. The first-order valence-electron chi connectivity index (χ1n) is 17.8. The number of carboxylic acids is 4. The van der Waals surface area contributed by atoms with Crippen molar-refractivity contribution in [1.82, 2.24) is 24.9 Å². The number of hydrogen-bond donors (Lipinski definition) is 5. The van der Waals surface area contributed by atoms with Gasteiger partial charge in [-0.2, -0.15) is 0 Å².